The van der Waals surface area contributed by atoms with Crippen LogP contribution in [0.3, 0.4) is 0 Å². The molecule has 170 valence electrons. The second-order valence-corrected chi connectivity index (χ2v) is 8.82. The molecule has 0 unspecified atom stereocenters. The average molecular weight is 577 g/mol. The molecule has 7 nitrogen and oxygen atoms in total. The molecular weight excluding hydrogens is 547 g/mol. The molecule has 2 heterocycles. The zero-order valence-corrected chi connectivity index (χ0v) is 22.0. The second-order valence-electron chi connectivity index (χ2n) is 7.44. The fourth-order valence-corrected chi connectivity index (χ4v) is 4.21. The van der Waals surface area contributed by atoms with E-state index >= 15 is 0 Å². The Morgan fingerprint density at radius 1 is 1.19 bits per heavy atom. The van der Waals surface area contributed by atoms with Gasteiger partial charge in [-0.05, 0) is 30.2 Å². The van der Waals surface area contributed by atoms with Crippen molar-refractivity contribution in [2.24, 2.45) is 4.99 Å². The molecule has 0 spiro atoms. The van der Waals surface area contributed by atoms with Crippen LogP contribution < -0.4 is 15.5 Å². The summed E-state index contributed by atoms with van der Waals surface area (Å²) in [7, 11) is 1.70. The number of rotatable bonds is 6. The lowest BCUT2D eigenvalue weighted by Gasteiger charge is -2.36. The van der Waals surface area contributed by atoms with Crippen molar-refractivity contribution in [3.8, 4) is 0 Å². The number of anilines is 1. The van der Waals surface area contributed by atoms with E-state index in [1.165, 1.54) is 0 Å². The van der Waals surface area contributed by atoms with Gasteiger partial charge >= 0.3 is 0 Å². The van der Waals surface area contributed by atoms with Crippen LogP contribution in [0.5, 0.6) is 0 Å². The molecule has 31 heavy (non-hydrogen) atoms. The Balaban J connectivity index is 0.00000341. The van der Waals surface area contributed by atoms with Crippen molar-refractivity contribution in [2.75, 3.05) is 44.7 Å². The number of thiazole rings is 1. The summed E-state index contributed by atoms with van der Waals surface area (Å²) >= 11 is 7.60. The maximum atomic E-state index is 12.6. The number of carbonyl (C=O) groups is 1. The van der Waals surface area contributed by atoms with Gasteiger partial charge in [0.25, 0.3) is 0 Å². The maximum Gasteiger partial charge on any atom is 0.242 e. The Labute approximate surface area is 210 Å². The van der Waals surface area contributed by atoms with E-state index in [1.807, 2.05) is 29.2 Å². The van der Waals surface area contributed by atoms with Gasteiger partial charge in [0, 0.05) is 49.3 Å². The smallest absolute Gasteiger partial charge is 0.242 e. The average Bonchev–Trinajstić information content (AvgIpc) is 3.24. The number of hydrogen-bond acceptors (Lipinski definition) is 5. The first-order valence-corrected chi connectivity index (χ1v) is 11.4. The van der Waals surface area contributed by atoms with Crippen LogP contribution in [0.2, 0.25) is 5.02 Å². The van der Waals surface area contributed by atoms with Gasteiger partial charge in [-0.25, -0.2) is 4.98 Å². The van der Waals surface area contributed by atoms with E-state index in [1.54, 1.807) is 18.4 Å². The minimum atomic E-state index is 0. The molecule has 1 aliphatic heterocycles. The molecule has 0 aliphatic carbocycles. The third-order valence-electron chi connectivity index (χ3n) is 5.02. The third kappa shape index (κ3) is 7.50. The van der Waals surface area contributed by atoms with Crippen molar-refractivity contribution in [3.63, 3.8) is 0 Å². The fourth-order valence-electron chi connectivity index (χ4n) is 3.19. The van der Waals surface area contributed by atoms with Crippen LogP contribution in [0.1, 0.15) is 30.5 Å². The lowest BCUT2D eigenvalue weighted by Crippen LogP contribution is -2.52. The highest BCUT2D eigenvalue weighted by atomic mass is 127. The zero-order chi connectivity index (χ0) is 21.5. The molecular formula is C21H30ClIN6OS. The van der Waals surface area contributed by atoms with Gasteiger partial charge in [0.05, 0.1) is 18.8 Å². The largest absolute Gasteiger partial charge is 0.368 e. The molecule has 2 aromatic rings. The molecule has 1 fully saturated rings. The van der Waals surface area contributed by atoms with E-state index in [9.17, 15) is 4.79 Å². The van der Waals surface area contributed by atoms with E-state index in [2.05, 4.69) is 44.7 Å². The van der Waals surface area contributed by atoms with E-state index in [0.29, 0.717) is 31.5 Å². The van der Waals surface area contributed by atoms with Crippen molar-refractivity contribution < 1.29 is 4.79 Å². The number of hydrogen-bond donors (Lipinski definition) is 2. The van der Waals surface area contributed by atoms with E-state index in [0.717, 1.165) is 34.5 Å². The summed E-state index contributed by atoms with van der Waals surface area (Å²) < 4.78 is 0. The lowest BCUT2D eigenvalue weighted by molar-refractivity contribution is -0.130. The predicted molar refractivity (Wildman–Crippen MR) is 140 cm³/mol. The zero-order valence-electron chi connectivity index (χ0n) is 18.1. The molecule has 0 radical (unpaired) electrons. The number of aromatic nitrogens is 1. The van der Waals surface area contributed by atoms with Crippen LogP contribution in [0.25, 0.3) is 0 Å². The minimum absolute atomic E-state index is 0. The summed E-state index contributed by atoms with van der Waals surface area (Å²) in [5.41, 5.74) is 2.24. The Morgan fingerprint density at radius 2 is 1.87 bits per heavy atom. The molecule has 1 aromatic heterocycles. The first-order valence-electron chi connectivity index (χ1n) is 10.1. The molecule has 10 heteroatoms. The van der Waals surface area contributed by atoms with Gasteiger partial charge in [-0.1, -0.05) is 25.4 Å². The fraction of sp³-hybridized carbons (Fsp3) is 0.476. The number of aliphatic imine (C=N–C) groups is 1. The summed E-state index contributed by atoms with van der Waals surface area (Å²) in [6.07, 6.45) is 0. The Hall–Kier alpha value is -1.59. The number of nitrogens with one attached hydrogen (secondary N) is 2. The van der Waals surface area contributed by atoms with Gasteiger partial charge in [0.15, 0.2) is 5.96 Å². The molecule has 0 saturated carbocycles. The molecule has 1 aliphatic rings. The van der Waals surface area contributed by atoms with Gasteiger partial charge in [-0.15, -0.1) is 35.3 Å². The number of amides is 1. The minimum Gasteiger partial charge on any atom is -0.368 e. The number of nitrogens with zero attached hydrogens (tertiary/aromatic N) is 4. The lowest BCUT2D eigenvalue weighted by atomic mass is 10.2. The number of carbonyl (C=O) groups excluding carboxylic acids is 1. The van der Waals surface area contributed by atoms with Crippen LogP contribution in [0.4, 0.5) is 5.69 Å². The molecule has 0 bridgehead atoms. The highest BCUT2D eigenvalue weighted by Crippen LogP contribution is 2.19. The van der Waals surface area contributed by atoms with E-state index in [-0.39, 0.29) is 36.4 Å². The number of benzene rings is 1. The summed E-state index contributed by atoms with van der Waals surface area (Å²) in [6, 6.07) is 7.83. The summed E-state index contributed by atoms with van der Waals surface area (Å²) in [6.45, 7) is 8.09. The van der Waals surface area contributed by atoms with E-state index in [4.69, 9.17) is 11.6 Å². The van der Waals surface area contributed by atoms with Gasteiger partial charge in [0.1, 0.15) is 5.01 Å². The normalized spacial score (nSPS) is 14.4. The topological polar surface area (TPSA) is 72.9 Å². The molecule has 0 atom stereocenters. The van der Waals surface area contributed by atoms with Gasteiger partial charge in [-0.2, -0.15) is 0 Å². The third-order valence-corrected chi connectivity index (χ3v) is 6.14. The van der Waals surface area contributed by atoms with Gasteiger partial charge in [-0.3, -0.25) is 9.79 Å². The van der Waals surface area contributed by atoms with Crippen LogP contribution in [-0.4, -0.2) is 61.5 Å². The van der Waals surface area contributed by atoms with Crippen LogP contribution >= 0.6 is 46.9 Å². The molecule has 1 amide bonds. The van der Waals surface area contributed by atoms with Crippen molar-refractivity contribution in [1.82, 2.24) is 20.5 Å². The first-order chi connectivity index (χ1) is 14.5. The van der Waals surface area contributed by atoms with Crippen molar-refractivity contribution in [2.45, 2.75) is 26.3 Å². The molecule has 2 N–H and O–H groups in total. The number of piperazine rings is 1. The number of halogens is 2. The van der Waals surface area contributed by atoms with Gasteiger partial charge in [0.2, 0.25) is 5.91 Å². The molecule has 1 aromatic carbocycles. The van der Waals surface area contributed by atoms with Crippen LogP contribution in [0, 0.1) is 0 Å². The van der Waals surface area contributed by atoms with Crippen LogP contribution in [0.15, 0.2) is 34.6 Å². The highest BCUT2D eigenvalue weighted by Gasteiger charge is 2.21. The van der Waals surface area contributed by atoms with Crippen molar-refractivity contribution in [1.29, 1.82) is 0 Å². The first kappa shape index (κ1) is 25.7. The van der Waals surface area contributed by atoms with E-state index < -0.39 is 0 Å². The SMILES string of the molecule is CN=C(NCC(=O)N1CCN(c2ccc(Cl)cc2)CC1)NCc1nc(C(C)C)cs1.I. The number of guanidine groups is 1. The highest BCUT2D eigenvalue weighted by molar-refractivity contribution is 14.0. The maximum absolute atomic E-state index is 12.6. The Morgan fingerprint density at radius 3 is 2.45 bits per heavy atom. The summed E-state index contributed by atoms with van der Waals surface area (Å²) in [5.74, 6) is 1.10. The van der Waals surface area contributed by atoms with Crippen LogP contribution in [-0.2, 0) is 11.3 Å². The molecule has 3 rings (SSSR count). The Kier molecular flexibility index (Phi) is 10.3. The summed E-state index contributed by atoms with van der Waals surface area (Å²) in [4.78, 5) is 25.6. The predicted octanol–water partition coefficient (Wildman–Crippen LogP) is 3.55. The second kappa shape index (κ2) is 12.4. The Bertz CT molecular complexity index is 865. The standard InChI is InChI=1S/C21H29ClN6OS.HI/c1-15(2)18-14-30-19(26-18)12-24-21(23-3)25-13-20(29)28-10-8-27(9-11-28)17-6-4-16(22)5-7-17;/h4-7,14-15H,8-13H2,1-3H3,(H2,23,24,25);1H. The quantitative estimate of drug-likeness (QED) is 0.313. The summed E-state index contributed by atoms with van der Waals surface area (Å²) in [5, 5.41) is 10.2. The molecule has 1 saturated heterocycles. The van der Waals surface area contributed by atoms with Crippen molar-refractivity contribution in [3.05, 3.63) is 45.4 Å². The van der Waals surface area contributed by atoms with Gasteiger partial charge < -0.3 is 20.4 Å². The van der Waals surface area contributed by atoms with Crippen molar-refractivity contribution >= 4 is 64.5 Å². The monoisotopic (exact) mass is 576 g/mol.